The van der Waals surface area contributed by atoms with Crippen LogP contribution in [0.2, 0.25) is 0 Å². The second-order valence-corrected chi connectivity index (χ2v) is 7.72. The third-order valence-electron chi connectivity index (χ3n) is 5.22. The Morgan fingerprint density at radius 3 is 2.74 bits per heavy atom. The van der Waals surface area contributed by atoms with Gasteiger partial charge in [-0.15, -0.1) is 0 Å². The van der Waals surface area contributed by atoms with Crippen LogP contribution in [0.25, 0.3) is 0 Å². The number of guanidine groups is 1. The average Bonchev–Trinajstić information content (AvgIpc) is 3.32. The van der Waals surface area contributed by atoms with Gasteiger partial charge in [-0.2, -0.15) is 0 Å². The van der Waals surface area contributed by atoms with Crippen molar-refractivity contribution >= 4 is 11.8 Å². The third kappa shape index (κ3) is 7.14. The number of aliphatic imine (C=N–C) groups is 1. The number of hydrogen-bond donors (Lipinski definition) is 2. The number of hydrogen-bond acceptors (Lipinski definition) is 5. The Kier molecular flexibility index (Phi) is 8.97. The summed E-state index contributed by atoms with van der Waals surface area (Å²) in [6.45, 7) is 9.44. The molecule has 0 radical (unpaired) electrons. The van der Waals surface area contributed by atoms with Crippen molar-refractivity contribution < 1.29 is 9.47 Å². The second-order valence-electron chi connectivity index (χ2n) is 7.72. The maximum Gasteiger partial charge on any atom is 0.191 e. The molecule has 0 bridgehead atoms. The summed E-state index contributed by atoms with van der Waals surface area (Å²) in [6.07, 6.45) is 4.37. The number of methoxy groups -OCH3 is 1. The Morgan fingerprint density at radius 2 is 1.97 bits per heavy atom. The molecular weight excluding hydrogens is 390 g/mol. The van der Waals surface area contributed by atoms with Crippen LogP contribution in [0.3, 0.4) is 0 Å². The zero-order valence-corrected chi connectivity index (χ0v) is 19.0. The molecule has 1 aromatic carbocycles. The molecule has 1 saturated heterocycles. The number of ether oxygens (including phenoxy) is 2. The molecule has 1 fully saturated rings. The van der Waals surface area contributed by atoms with E-state index in [0.29, 0.717) is 26.3 Å². The van der Waals surface area contributed by atoms with E-state index < -0.39 is 0 Å². The Morgan fingerprint density at radius 1 is 1.13 bits per heavy atom. The van der Waals surface area contributed by atoms with Gasteiger partial charge in [-0.1, -0.05) is 12.1 Å². The summed E-state index contributed by atoms with van der Waals surface area (Å²) in [7, 11) is 1.68. The molecule has 0 unspecified atom stereocenters. The van der Waals surface area contributed by atoms with Gasteiger partial charge < -0.3 is 25.0 Å². The van der Waals surface area contributed by atoms with E-state index in [0.717, 1.165) is 48.3 Å². The summed E-state index contributed by atoms with van der Waals surface area (Å²) >= 11 is 0. The van der Waals surface area contributed by atoms with Gasteiger partial charge >= 0.3 is 0 Å². The first-order chi connectivity index (χ1) is 15.2. The van der Waals surface area contributed by atoms with Crippen LogP contribution in [0, 0.1) is 6.92 Å². The van der Waals surface area contributed by atoms with E-state index in [9.17, 15) is 0 Å². The number of anilines is 1. The van der Waals surface area contributed by atoms with Crippen molar-refractivity contribution in [2.24, 2.45) is 4.99 Å². The fraction of sp³-hybridized carbons (Fsp3) is 0.500. The number of rotatable bonds is 10. The highest BCUT2D eigenvalue weighted by Crippen LogP contribution is 2.21. The molecule has 1 aromatic heterocycles. The fourth-order valence-electron chi connectivity index (χ4n) is 3.55. The molecule has 0 spiro atoms. The van der Waals surface area contributed by atoms with Crippen molar-refractivity contribution in [3.8, 4) is 5.75 Å². The van der Waals surface area contributed by atoms with Crippen LogP contribution in [0.5, 0.6) is 5.75 Å². The van der Waals surface area contributed by atoms with Crippen LogP contribution in [0.15, 0.2) is 41.5 Å². The number of aryl methyl sites for hydroxylation is 1. The lowest BCUT2D eigenvalue weighted by atomic mass is 10.1. The fourth-order valence-corrected chi connectivity index (χ4v) is 3.55. The van der Waals surface area contributed by atoms with E-state index in [-0.39, 0.29) is 0 Å². The highest BCUT2D eigenvalue weighted by atomic mass is 16.5. The molecule has 2 aromatic rings. The van der Waals surface area contributed by atoms with Crippen LogP contribution >= 0.6 is 0 Å². The first-order valence-electron chi connectivity index (χ1n) is 11.1. The Bertz CT molecular complexity index is 850. The largest absolute Gasteiger partial charge is 0.491 e. The lowest BCUT2D eigenvalue weighted by molar-refractivity contribution is 0.145. The van der Waals surface area contributed by atoms with Crippen LogP contribution in [0.4, 0.5) is 5.82 Å². The minimum Gasteiger partial charge on any atom is -0.491 e. The van der Waals surface area contributed by atoms with Gasteiger partial charge in [0, 0.05) is 45.0 Å². The molecule has 0 atom stereocenters. The van der Waals surface area contributed by atoms with Crippen molar-refractivity contribution in [1.29, 1.82) is 0 Å². The van der Waals surface area contributed by atoms with Crippen molar-refractivity contribution in [2.45, 2.75) is 39.8 Å². The molecule has 1 aliphatic rings. The molecule has 0 amide bonds. The summed E-state index contributed by atoms with van der Waals surface area (Å²) in [5.41, 5.74) is 3.42. The lowest BCUT2D eigenvalue weighted by Gasteiger charge is -2.17. The maximum absolute atomic E-state index is 5.90. The predicted octanol–water partition coefficient (Wildman–Crippen LogP) is 3.27. The van der Waals surface area contributed by atoms with Crippen LogP contribution in [-0.4, -0.2) is 50.9 Å². The summed E-state index contributed by atoms with van der Waals surface area (Å²) in [6, 6.07) is 10.4. The molecule has 2 N–H and O–H groups in total. The molecule has 0 aliphatic carbocycles. The van der Waals surface area contributed by atoms with Crippen LogP contribution in [0.1, 0.15) is 36.5 Å². The van der Waals surface area contributed by atoms with Gasteiger partial charge in [-0.3, -0.25) is 0 Å². The van der Waals surface area contributed by atoms with Crippen molar-refractivity contribution in [2.75, 3.05) is 44.9 Å². The van der Waals surface area contributed by atoms with Crippen molar-refractivity contribution in [3.63, 3.8) is 0 Å². The van der Waals surface area contributed by atoms with Gasteiger partial charge in [0.05, 0.1) is 13.2 Å². The number of aromatic nitrogens is 1. The second kappa shape index (κ2) is 12.2. The zero-order valence-electron chi connectivity index (χ0n) is 19.0. The minimum absolute atomic E-state index is 0.530. The molecule has 7 heteroatoms. The summed E-state index contributed by atoms with van der Waals surface area (Å²) in [4.78, 5) is 11.7. The number of nitrogens with zero attached hydrogens (tertiary/aromatic N) is 3. The lowest BCUT2D eigenvalue weighted by Crippen LogP contribution is -2.36. The summed E-state index contributed by atoms with van der Waals surface area (Å²) in [5.74, 6) is 2.72. The van der Waals surface area contributed by atoms with Crippen LogP contribution in [-0.2, 0) is 17.8 Å². The summed E-state index contributed by atoms with van der Waals surface area (Å²) in [5, 5.41) is 6.76. The molecule has 2 heterocycles. The Balaban J connectivity index is 1.63. The van der Waals surface area contributed by atoms with Crippen molar-refractivity contribution in [3.05, 3.63) is 53.2 Å². The van der Waals surface area contributed by atoms with E-state index in [1.807, 2.05) is 12.3 Å². The molecule has 168 valence electrons. The Hall–Kier alpha value is -2.80. The van der Waals surface area contributed by atoms with E-state index in [4.69, 9.17) is 14.5 Å². The quantitative estimate of drug-likeness (QED) is 0.346. The predicted molar refractivity (Wildman–Crippen MR) is 126 cm³/mol. The van der Waals surface area contributed by atoms with E-state index in [1.54, 1.807) is 7.11 Å². The number of nitrogens with one attached hydrogen (secondary N) is 2. The minimum atomic E-state index is 0.530. The van der Waals surface area contributed by atoms with Crippen LogP contribution < -0.4 is 20.3 Å². The van der Waals surface area contributed by atoms with Gasteiger partial charge in [0.15, 0.2) is 5.96 Å². The average molecular weight is 426 g/mol. The third-order valence-corrected chi connectivity index (χ3v) is 5.22. The molecule has 3 rings (SSSR count). The van der Waals surface area contributed by atoms with Gasteiger partial charge in [-0.25, -0.2) is 9.98 Å². The molecule has 0 saturated carbocycles. The first-order valence-corrected chi connectivity index (χ1v) is 11.1. The highest BCUT2D eigenvalue weighted by Gasteiger charge is 2.13. The highest BCUT2D eigenvalue weighted by molar-refractivity contribution is 5.79. The van der Waals surface area contributed by atoms with Crippen molar-refractivity contribution in [1.82, 2.24) is 15.6 Å². The molecular formula is C24H35N5O2. The standard InChI is InChI=1S/C24H35N5O2/c1-4-25-24(27-17-20-9-10-26-23(16-20)29-11-5-6-12-29)28-18-21-8-7-19(2)15-22(21)31-14-13-30-3/h7-10,15-16H,4-6,11-14,17-18H2,1-3H3,(H2,25,27,28). The molecule has 7 nitrogen and oxygen atoms in total. The normalized spacial score (nSPS) is 14.0. The van der Waals surface area contributed by atoms with Gasteiger partial charge in [0.25, 0.3) is 0 Å². The topological polar surface area (TPSA) is 71.0 Å². The smallest absolute Gasteiger partial charge is 0.191 e. The van der Waals surface area contributed by atoms with E-state index in [1.165, 1.54) is 18.4 Å². The Labute approximate surface area is 185 Å². The van der Waals surface area contributed by atoms with E-state index >= 15 is 0 Å². The summed E-state index contributed by atoms with van der Waals surface area (Å²) < 4.78 is 11.0. The first kappa shape index (κ1) is 22.9. The maximum atomic E-state index is 5.90. The van der Waals surface area contributed by atoms with Gasteiger partial charge in [0.2, 0.25) is 0 Å². The molecule has 31 heavy (non-hydrogen) atoms. The van der Waals surface area contributed by atoms with E-state index in [2.05, 4.69) is 58.6 Å². The SMILES string of the molecule is CCNC(=NCc1ccnc(N2CCCC2)c1)NCc1ccc(C)cc1OCCOC. The molecule has 1 aliphatic heterocycles. The van der Waals surface area contributed by atoms with Gasteiger partial charge in [0.1, 0.15) is 18.2 Å². The zero-order chi connectivity index (χ0) is 21.9. The number of benzene rings is 1. The van der Waals surface area contributed by atoms with Gasteiger partial charge in [-0.05, 0) is 56.0 Å². The number of pyridine rings is 1. The monoisotopic (exact) mass is 425 g/mol.